The lowest BCUT2D eigenvalue weighted by Crippen LogP contribution is -2.03. The number of hydrogen-bond donors (Lipinski definition) is 2. The predicted octanol–water partition coefficient (Wildman–Crippen LogP) is 0.817. The Bertz CT molecular complexity index is 519. The molecule has 0 bridgehead atoms. The van der Waals surface area contributed by atoms with Gasteiger partial charge in [-0.05, 0) is 6.42 Å². The van der Waals surface area contributed by atoms with Crippen LogP contribution in [0.15, 0.2) is 6.20 Å². The first kappa shape index (κ1) is 10.3. The number of aromatic amines is 1. The van der Waals surface area contributed by atoms with Crippen molar-refractivity contribution in [2.24, 2.45) is 0 Å². The summed E-state index contributed by atoms with van der Waals surface area (Å²) in [6.45, 7) is 3.86. The summed E-state index contributed by atoms with van der Waals surface area (Å²) in [5.74, 6) is 0.671. The van der Waals surface area contributed by atoms with Crippen LogP contribution in [0.5, 0.6) is 0 Å². The highest BCUT2D eigenvalue weighted by Crippen LogP contribution is 2.21. The summed E-state index contributed by atoms with van der Waals surface area (Å²) in [6, 6.07) is 0. The third-order valence-corrected chi connectivity index (χ3v) is 2.90. The molecule has 0 radical (unpaired) electrons. The zero-order valence-corrected chi connectivity index (χ0v) is 9.69. The molecule has 0 amide bonds. The molecule has 17 heavy (non-hydrogen) atoms. The van der Waals surface area contributed by atoms with Crippen molar-refractivity contribution in [2.75, 3.05) is 0 Å². The second kappa shape index (κ2) is 4.21. The van der Waals surface area contributed by atoms with Crippen molar-refractivity contribution in [1.29, 1.82) is 0 Å². The summed E-state index contributed by atoms with van der Waals surface area (Å²) in [7, 11) is 0. The number of H-pyrrole nitrogens is 1. The highest BCUT2D eigenvalue weighted by molar-refractivity contribution is 5.49. The lowest BCUT2D eigenvalue weighted by Gasteiger charge is -2.07. The number of fused-ring (bicyclic) bond motifs is 1. The van der Waals surface area contributed by atoms with Gasteiger partial charge in [-0.25, -0.2) is 9.97 Å². The van der Waals surface area contributed by atoms with Crippen molar-refractivity contribution in [3.05, 3.63) is 23.1 Å². The van der Waals surface area contributed by atoms with E-state index in [1.165, 1.54) is 5.56 Å². The Hall–Kier alpha value is -1.82. The van der Waals surface area contributed by atoms with E-state index in [9.17, 15) is 0 Å². The van der Waals surface area contributed by atoms with E-state index in [0.29, 0.717) is 11.5 Å². The average Bonchev–Trinajstić information content (AvgIpc) is 3.00. The highest BCUT2D eigenvalue weighted by atomic mass is 15.3. The lowest BCUT2D eigenvalue weighted by molar-refractivity contribution is 0.753. The van der Waals surface area contributed by atoms with Crippen molar-refractivity contribution in [3.63, 3.8) is 0 Å². The van der Waals surface area contributed by atoms with Gasteiger partial charge < -0.3 is 5.32 Å². The maximum Gasteiger partial charge on any atom is 0.182 e. The monoisotopic (exact) mass is 230 g/mol. The van der Waals surface area contributed by atoms with Crippen LogP contribution in [0.25, 0.3) is 11.5 Å². The van der Waals surface area contributed by atoms with Crippen LogP contribution in [-0.2, 0) is 19.5 Å². The Morgan fingerprint density at radius 3 is 3.00 bits per heavy atom. The molecule has 0 fully saturated rings. The van der Waals surface area contributed by atoms with Crippen LogP contribution in [0, 0.1) is 0 Å². The number of nitrogens with zero attached hydrogens (tertiary/aromatic N) is 4. The molecule has 6 heteroatoms. The number of aryl methyl sites for hydroxylation is 1. The lowest BCUT2D eigenvalue weighted by atomic mass is 10.1. The molecule has 2 aromatic heterocycles. The van der Waals surface area contributed by atoms with Gasteiger partial charge >= 0.3 is 0 Å². The fourth-order valence-corrected chi connectivity index (χ4v) is 2.11. The maximum absolute atomic E-state index is 4.60. The van der Waals surface area contributed by atoms with Crippen LogP contribution in [0.3, 0.4) is 0 Å². The van der Waals surface area contributed by atoms with Gasteiger partial charge in [0.1, 0.15) is 5.69 Å². The van der Waals surface area contributed by atoms with E-state index in [1.807, 2.05) is 0 Å². The molecule has 1 aliphatic rings. The molecule has 0 unspecified atom stereocenters. The van der Waals surface area contributed by atoms with Gasteiger partial charge in [0.2, 0.25) is 0 Å². The van der Waals surface area contributed by atoms with Crippen molar-refractivity contribution in [3.8, 4) is 11.5 Å². The quantitative estimate of drug-likeness (QED) is 0.816. The van der Waals surface area contributed by atoms with Crippen LogP contribution in [0.1, 0.15) is 30.3 Å². The number of hydrogen-bond acceptors (Lipinski definition) is 5. The maximum atomic E-state index is 4.60. The van der Waals surface area contributed by atoms with Crippen molar-refractivity contribution in [2.45, 2.75) is 32.9 Å². The van der Waals surface area contributed by atoms with Crippen LogP contribution in [0.4, 0.5) is 0 Å². The zero-order valence-electron chi connectivity index (χ0n) is 9.69. The van der Waals surface area contributed by atoms with Gasteiger partial charge in [-0.2, -0.15) is 15.4 Å². The van der Waals surface area contributed by atoms with E-state index < -0.39 is 0 Å². The first-order valence-electron chi connectivity index (χ1n) is 5.84. The number of aromatic nitrogens is 5. The Labute approximate surface area is 98.9 Å². The third kappa shape index (κ3) is 1.80. The summed E-state index contributed by atoms with van der Waals surface area (Å²) in [5, 5.41) is 13.7. The molecule has 0 aliphatic carbocycles. The minimum Gasteiger partial charge on any atom is -0.307 e. The molecule has 0 saturated heterocycles. The first-order chi connectivity index (χ1) is 8.38. The predicted molar refractivity (Wildman–Crippen MR) is 61.9 cm³/mol. The van der Waals surface area contributed by atoms with Gasteiger partial charge in [0.05, 0.1) is 11.9 Å². The zero-order chi connectivity index (χ0) is 11.7. The van der Waals surface area contributed by atoms with E-state index in [0.717, 1.165) is 37.3 Å². The topological polar surface area (TPSA) is 79.4 Å². The summed E-state index contributed by atoms with van der Waals surface area (Å²) in [6.07, 6.45) is 3.72. The molecule has 2 N–H and O–H groups in total. The molecule has 3 rings (SSSR count). The van der Waals surface area contributed by atoms with E-state index in [-0.39, 0.29) is 0 Å². The van der Waals surface area contributed by atoms with E-state index in [1.54, 1.807) is 6.20 Å². The molecule has 1 aliphatic heterocycles. The van der Waals surface area contributed by atoms with Gasteiger partial charge in [0.15, 0.2) is 5.82 Å². The molecule has 0 saturated carbocycles. The molecule has 2 aromatic rings. The van der Waals surface area contributed by atoms with E-state index >= 15 is 0 Å². The molecule has 0 atom stereocenters. The summed E-state index contributed by atoms with van der Waals surface area (Å²) >= 11 is 0. The molecule has 0 spiro atoms. The standard InChI is InChI=1S/C11H14N6/c1-2-3-8-7-4-12-5-9(7)15-11(14-8)10-6-13-17-16-10/h6,12H,2-5H2,1H3,(H,13,16,17). The summed E-state index contributed by atoms with van der Waals surface area (Å²) < 4.78 is 0. The second-order valence-corrected chi connectivity index (χ2v) is 4.13. The SMILES string of the molecule is CCCc1nc(-c2cn[nH]n2)nc2c1CNC2. The smallest absolute Gasteiger partial charge is 0.182 e. The Morgan fingerprint density at radius 2 is 2.24 bits per heavy atom. The fraction of sp³-hybridized carbons (Fsp3) is 0.455. The van der Waals surface area contributed by atoms with Gasteiger partial charge in [-0.3, -0.25) is 0 Å². The van der Waals surface area contributed by atoms with E-state index in [4.69, 9.17) is 0 Å². The molecule has 88 valence electrons. The molecular weight excluding hydrogens is 216 g/mol. The summed E-state index contributed by atoms with van der Waals surface area (Å²) in [5.41, 5.74) is 4.21. The molecule has 3 heterocycles. The Morgan fingerprint density at radius 1 is 1.29 bits per heavy atom. The molecule has 6 nitrogen and oxygen atoms in total. The van der Waals surface area contributed by atoms with Crippen LogP contribution >= 0.6 is 0 Å². The van der Waals surface area contributed by atoms with Crippen molar-refractivity contribution >= 4 is 0 Å². The van der Waals surface area contributed by atoms with Crippen LogP contribution in [0.2, 0.25) is 0 Å². The van der Waals surface area contributed by atoms with Crippen molar-refractivity contribution < 1.29 is 0 Å². The van der Waals surface area contributed by atoms with Crippen molar-refractivity contribution in [1.82, 2.24) is 30.7 Å². The minimum atomic E-state index is 0.671. The average molecular weight is 230 g/mol. The van der Waals surface area contributed by atoms with Gasteiger partial charge in [-0.15, -0.1) is 0 Å². The normalized spacial score (nSPS) is 13.9. The van der Waals surface area contributed by atoms with Crippen LogP contribution < -0.4 is 5.32 Å². The molecular formula is C11H14N6. The van der Waals surface area contributed by atoms with Gasteiger partial charge in [0.25, 0.3) is 0 Å². The number of nitrogens with one attached hydrogen (secondary N) is 2. The first-order valence-corrected chi connectivity index (χ1v) is 5.84. The largest absolute Gasteiger partial charge is 0.307 e. The highest BCUT2D eigenvalue weighted by Gasteiger charge is 2.19. The van der Waals surface area contributed by atoms with E-state index in [2.05, 4.69) is 37.6 Å². The number of rotatable bonds is 3. The van der Waals surface area contributed by atoms with Crippen LogP contribution in [-0.4, -0.2) is 25.4 Å². The Kier molecular flexibility index (Phi) is 2.56. The minimum absolute atomic E-state index is 0.671. The second-order valence-electron chi connectivity index (χ2n) is 4.13. The summed E-state index contributed by atoms with van der Waals surface area (Å²) in [4.78, 5) is 9.15. The third-order valence-electron chi connectivity index (χ3n) is 2.90. The van der Waals surface area contributed by atoms with Gasteiger partial charge in [-0.1, -0.05) is 13.3 Å². The molecule has 0 aromatic carbocycles. The van der Waals surface area contributed by atoms with Gasteiger partial charge in [0, 0.05) is 24.3 Å². The fourth-order valence-electron chi connectivity index (χ4n) is 2.11. The Balaban J connectivity index is 2.09.